The van der Waals surface area contributed by atoms with E-state index in [2.05, 4.69) is 17.6 Å². The Bertz CT molecular complexity index is 381. The van der Waals surface area contributed by atoms with E-state index in [1.165, 1.54) is 0 Å². The maximum absolute atomic E-state index is 11.7. The zero-order valence-electron chi connectivity index (χ0n) is 8.68. The number of carbonyl (C=O) groups is 1. The number of thiol groups is 1. The molecule has 0 aliphatic carbocycles. The van der Waals surface area contributed by atoms with Crippen molar-refractivity contribution < 1.29 is 4.79 Å². The maximum Gasteiger partial charge on any atom is 0.228 e. The molecule has 0 bridgehead atoms. The van der Waals surface area contributed by atoms with Crippen LogP contribution in [0.3, 0.4) is 0 Å². The fourth-order valence-corrected chi connectivity index (χ4v) is 2.04. The average Bonchev–Trinajstić information content (AvgIpc) is 2.60. The first-order chi connectivity index (χ1) is 7.20. The molecule has 2 rings (SSSR count). The van der Waals surface area contributed by atoms with Gasteiger partial charge in [-0.2, -0.15) is 12.6 Å². The highest BCUT2D eigenvalue weighted by atomic mass is 32.1. The Morgan fingerprint density at radius 2 is 2.47 bits per heavy atom. The number of hydrogen-bond donors (Lipinski definition) is 1. The molecular weight excluding hydrogens is 208 g/mol. The minimum atomic E-state index is 0.159. The molecule has 3 nitrogen and oxygen atoms in total. The van der Waals surface area contributed by atoms with E-state index in [1.807, 2.05) is 19.1 Å². The molecule has 1 aliphatic rings. The molecule has 80 valence electrons. The molecule has 0 saturated carbocycles. The van der Waals surface area contributed by atoms with Gasteiger partial charge >= 0.3 is 0 Å². The summed E-state index contributed by atoms with van der Waals surface area (Å²) >= 11 is 4.23. The van der Waals surface area contributed by atoms with Crippen molar-refractivity contribution in [2.24, 2.45) is 5.92 Å². The third-order valence-electron chi connectivity index (χ3n) is 2.64. The summed E-state index contributed by atoms with van der Waals surface area (Å²) in [4.78, 5) is 17.7. The van der Waals surface area contributed by atoms with E-state index in [0.29, 0.717) is 12.3 Å². The van der Waals surface area contributed by atoms with Crippen molar-refractivity contribution in [3.8, 4) is 0 Å². The monoisotopic (exact) mass is 222 g/mol. The lowest BCUT2D eigenvalue weighted by atomic mass is 10.1. The van der Waals surface area contributed by atoms with Crippen LogP contribution in [0.1, 0.15) is 12.0 Å². The van der Waals surface area contributed by atoms with E-state index in [0.717, 1.165) is 23.7 Å². The van der Waals surface area contributed by atoms with Crippen molar-refractivity contribution in [2.75, 3.05) is 17.2 Å². The van der Waals surface area contributed by atoms with Gasteiger partial charge in [-0.05, 0) is 36.3 Å². The Labute approximate surface area is 94.9 Å². The van der Waals surface area contributed by atoms with Gasteiger partial charge in [-0.25, -0.2) is 4.98 Å². The van der Waals surface area contributed by atoms with E-state index in [9.17, 15) is 4.79 Å². The number of nitrogens with zero attached hydrogens (tertiary/aromatic N) is 2. The lowest BCUT2D eigenvalue weighted by Crippen LogP contribution is -2.25. The highest BCUT2D eigenvalue weighted by Crippen LogP contribution is 2.24. The number of aryl methyl sites for hydroxylation is 1. The number of rotatable bonds is 2. The molecular formula is C11H14N2OS. The standard InChI is InChI=1S/C11H14N2OS/c1-8-2-3-12-10(4-8)13-6-9(7-15)5-11(13)14/h2-4,9,15H,5-7H2,1H3. The molecule has 0 aromatic carbocycles. The van der Waals surface area contributed by atoms with Crippen LogP contribution in [0.2, 0.25) is 0 Å². The van der Waals surface area contributed by atoms with Crippen LogP contribution in [0.15, 0.2) is 18.3 Å². The SMILES string of the molecule is Cc1ccnc(N2CC(CS)CC2=O)c1. The molecule has 15 heavy (non-hydrogen) atoms. The van der Waals surface area contributed by atoms with Gasteiger partial charge in [0, 0.05) is 19.2 Å². The predicted molar refractivity (Wildman–Crippen MR) is 63.3 cm³/mol. The molecule has 4 heteroatoms. The molecule has 2 heterocycles. The Morgan fingerprint density at radius 3 is 3.07 bits per heavy atom. The van der Waals surface area contributed by atoms with Crippen LogP contribution in [0, 0.1) is 12.8 Å². The van der Waals surface area contributed by atoms with Gasteiger partial charge in [0.1, 0.15) is 5.82 Å². The van der Waals surface area contributed by atoms with Gasteiger partial charge in [-0.15, -0.1) is 0 Å². The van der Waals surface area contributed by atoms with E-state index >= 15 is 0 Å². The minimum absolute atomic E-state index is 0.159. The van der Waals surface area contributed by atoms with Crippen molar-refractivity contribution in [3.63, 3.8) is 0 Å². The summed E-state index contributed by atoms with van der Waals surface area (Å²) in [6.07, 6.45) is 2.34. The summed E-state index contributed by atoms with van der Waals surface area (Å²) in [6.45, 7) is 2.75. The van der Waals surface area contributed by atoms with Crippen molar-refractivity contribution in [2.45, 2.75) is 13.3 Å². The number of carbonyl (C=O) groups excluding carboxylic acids is 1. The average molecular weight is 222 g/mol. The molecule has 0 spiro atoms. The summed E-state index contributed by atoms with van der Waals surface area (Å²) in [7, 11) is 0. The number of anilines is 1. The van der Waals surface area contributed by atoms with Crippen molar-refractivity contribution in [3.05, 3.63) is 23.9 Å². The number of aromatic nitrogens is 1. The lowest BCUT2D eigenvalue weighted by Gasteiger charge is -2.15. The van der Waals surface area contributed by atoms with Crippen molar-refractivity contribution in [1.29, 1.82) is 0 Å². The van der Waals surface area contributed by atoms with Crippen LogP contribution in [0.5, 0.6) is 0 Å². The topological polar surface area (TPSA) is 33.2 Å². The van der Waals surface area contributed by atoms with Crippen molar-refractivity contribution >= 4 is 24.4 Å². The predicted octanol–water partition coefficient (Wildman–Crippen LogP) is 1.67. The van der Waals surface area contributed by atoms with Crippen LogP contribution >= 0.6 is 12.6 Å². The smallest absolute Gasteiger partial charge is 0.228 e. The van der Waals surface area contributed by atoms with E-state index in [4.69, 9.17) is 0 Å². The van der Waals surface area contributed by atoms with Crippen LogP contribution < -0.4 is 4.90 Å². The second-order valence-electron chi connectivity index (χ2n) is 3.95. The van der Waals surface area contributed by atoms with Gasteiger partial charge < -0.3 is 0 Å². The van der Waals surface area contributed by atoms with Crippen molar-refractivity contribution in [1.82, 2.24) is 4.98 Å². The first-order valence-electron chi connectivity index (χ1n) is 5.04. The Hall–Kier alpha value is -1.03. The number of amides is 1. The molecule has 1 unspecified atom stereocenters. The third kappa shape index (κ3) is 2.15. The van der Waals surface area contributed by atoms with Gasteiger partial charge in [0.15, 0.2) is 0 Å². The normalized spacial score (nSPS) is 21.1. The first kappa shape index (κ1) is 10.5. The van der Waals surface area contributed by atoms with Crippen LogP contribution in [0.25, 0.3) is 0 Å². The van der Waals surface area contributed by atoms with Gasteiger partial charge in [-0.3, -0.25) is 9.69 Å². The zero-order chi connectivity index (χ0) is 10.8. The molecule has 0 N–H and O–H groups in total. The van der Waals surface area contributed by atoms with Gasteiger partial charge in [0.25, 0.3) is 0 Å². The van der Waals surface area contributed by atoms with Crippen LogP contribution in [0.4, 0.5) is 5.82 Å². The lowest BCUT2D eigenvalue weighted by molar-refractivity contribution is -0.117. The molecule has 1 aromatic heterocycles. The molecule has 1 aromatic rings. The van der Waals surface area contributed by atoms with E-state index in [1.54, 1.807) is 11.1 Å². The minimum Gasteiger partial charge on any atom is -0.296 e. The zero-order valence-corrected chi connectivity index (χ0v) is 9.58. The summed E-state index contributed by atoms with van der Waals surface area (Å²) in [6, 6.07) is 3.87. The Morgan fingerprint density at radius 1 is 1.67 bits per heavy atom. The molecule has 1 amide bonds. The van der Waals surface area contributed by atoms with Gasteiger partial charge in [0.05, 0.1) is 0 Å². The highest BCUT2D eigenvalue weighted by molar-refractivity contribution is 7.80. The third-order valence-corrected chi connectivity index (χ3v) is 3.16. The largest absolute Gasteiger partial charge is 0.296 e. The van der Waals surface area contributed by atoms with Gasteiger partial charge in [-0.1, -0.05) is 0 Å². The second kappa shape index (κ2) is 4.23. The Kier molecular flexibility index (Phi) is 2.95. The summed E-state index contributed by atoms with van der Waals surface area (Å²) in [5, 5.41) is 0. The molecule has 1 saturated heterocycles. The Balaban J connectivity index is 2.21. The molecule has 1 atom stereocenters. The first-order valence-corrected chi connectivity index (χ1v) is 5.68. The summed E-state index contributed by atoms with van der Waals surface area (Å²) in [5.41, 5.74) is 1.13. The summed E-state index contributed by atoms with van der Waals surface area (Å²) < 4.78 is 0. The van der Waals surface area contributed by atoms with Crippen LogP contribution in [-0.2, 0) is 4.79 Å². The molecule has 0 radical (unpaired) electrons. The second-order valence-corrected chi connectivity index (χ2v) is 4.31. The highest BCUT2D eigenvalue weighted by Gasteiger charge is 2.30. The maximum atomic E-state index is 11.7. The van der Waals surface area contributed by atoms with Gasteiger partial charge in [0.2, 0.25) is 5.91 Å². The fourth-order valence-electron chi connectivity index (χ4n) is 1.79. The number of hydrogen-bond acceptors (Lipinski definition) is 3. The van der Waals surface area contributed by atoms with E-state index in [-0.39, 0.29) is 5.91 Å². The quantitative estimate of drug-likeness (QED) is 0.772. The number of pyridine rings is 1. The molecule has 1 fully saturated rings. The summed E-state index contributed by atoms with van der Waals surface area (Å²) in [5.74, 6) is 2.05. The van der Waals surface area contributed by atoms with Crippen LogP contribution in [-0.4, -0.2) is 23.2 Å². The molecule has 1 aliphatic heterocycles. The fraction of sp³-hybridized carbons (Fsp3) is 0.455. The van der Waals surface area contributed by atoms with E-state index < -0.39 is 0 Å².